The average Bonchev–Trinajstić information content (AvgIpc) is 3.84. The summed E-state index contributed by atoms with van der Waals surface area (Å²) in [6.45, 7) is 4.42. The molecule has 4 fully saturated rings. The van der Waals surface area contributed by atoms with Gasteiger partial charge in [-0.2, -0.15) is 0 Å². The molecular weight excluding hydrogens is 537 g/mol. The van der Waals surface area contributed by atoms with Gasteiger partial charge in [-0.25, -0.2) is 9.97 Å². The van der Waals surface area contributed by atoms with Crippen molar-refractivity contribution >= 4 is 51.5 Å². The number of amides is 1. The van der Waals surface area contributed by atoms with E-state index in [1.54, 1.807) is 7.11 Å². The van der Waals surface area contributed by atoms with Gasteiger partial charge >= 0.3 is 0 Å². The molecule has 1 aromatic carbocycles. The number of carbonyl (C=O) groups excluding carboxylic acids is 1. The number of pyridine rings is 1. The molecule has 3 unspecified atom stereocenters. The van der Waals surface area contributed by atoms with Crippen molar-refractivity contribution in [2.24, 2.45) is 11.8 Å². The van der Waals surface area contributed by atoms with Crippen molar-refractivity contribution in [1.82, 2.24) is 29.3 Å². The van der Waals surface area contributed by atoms with E-state index in [2.05, 4.69) is 33.5 Å². The lowest BCUT2D eigenvalue weighted by molar-refractivity contribution is -0.0398. The van der Waals surface area contributed by atoms with Gasteiger partial charge in [0.05, 0.1) is 48.0 Å². The topological polar surface area (TPSA) is 96.4 Å². The Morgan fingerprint density at radius 1 is 1.12 bits per heavy atom. The van der Waals surface area contributed by atoms with E-state index in [-0.39, 0.29) is 18.1 Å². The van der Waals surface area contributed by atoms with Crippen LogP contribution in [0.4, 0.5) is 0 Å². The van der Waals surface area contributed by atoms with Gasteiger partial charge in [-0.05, 0) is 80.1 Å². The molecular formula is C31H33B3N6O3. The molecule has 1 amide bonds. The number of imidazole rings is 1. The molecule has 2 saturated carbocycles. The summed E-state index contributed by atoms with van der Waals surface area (Å²) in [4.78, 5) is 25.7. The molecule has 5 heterocycles. The Hall–Kier alpha value is -3.24. The highest BCUT2D eigenvalue weighted by Gasteiger charge is 2.51. The van der Waals surface area contributed by atoms with E-state index in [9.17, 15) is 4.79 Å². The lowest BCUT2D eigenvalue weighted by Crippen LogP contribution is -2.44. The van der Waals surface area contributed by atoms with E-state index in [0.717, 1.165) is 59.5 Å². The van der Waals surface area contributed by atoms with E-state index in [4.69, 9.17) is 43.0 Å². The summed E-state index contributed by atoms with van der Waals surface area (Å²) in [6, 6.07) is 11.0. The third kappa shape index (κ3) is 4.87. The molecule has 0 bridgehead atoms. The summed E-state index contributed by atoms with van der Waals surface area (Å²) in [6.07, 6.45) is 5.76. The second-order valence-electron chi connectivity index (χ2n) is 13.0. The minimum atomic E-state index is -1.64. The van der Waals surface area contributed by atoms with Crippen LogP contribution in [0.25, 0.3) is 33.6 Å². The number of methoxy groups -OCH3 is 1. The summed E-state index contributed by atoms with van der Waals surface area (Å²) < 4.78 is 16.2. The van der Waals surface area contributed by atoms with Gasteiger partial charge in [0.2, 0.25) is 0 Å². The fraction of sp³-hybridized carbons (Fsp3) is 0.516. The van der Waals surface area contributed by atoms with Crippen LogP contribution in [0, 0.1) is 11.8 Å². The van der Waals surface area contributed by atoms with Gasteiger partial charge in [0.25, 0.3) is 5.91 Å². The zero-order valence-electron chi connectivity index (χ0n) is 24.6. The highest BCUT2D eigenvalue weighted by molar-refractivity contribution is 6.58. The first kappa shape index (κ1) is 27.3. The monoisotopic (exact) mass is 570 g/mol. The Morgan fingerprint density at radius 2 is 1.91 bits per heavy atom. The van der Waals surface area contributed by atoms with Gasteiger partial charge in [0.1, 0.15) is 16.9 Å². The zero-order chi connectivity index (χ0) is 29.6. The first-order chi connectivity index (χ1) is 20.7. The van der Waals surface area contributed by atoms with Crippen molar-refractivity contribution in [2.75, 3.05) is 13.7 Å². The Kier molecular flexibility index (Phi) is 6.28. The number of rotatable bonds is 9. The van der Waals surface area contributed by atoms with E-state index in [1.807, 2.05) is 29.3 Å². The third-order valence-corrected chi connectivity index (χ3v) is 9.70. The van der Waals surface area contributed by atoms with E-state index >= 15 is 0 Å². The van der Waals surface area contributed by atoms with Gasteiger partial charge in [0.15, 0.2) is 5.82 Å². The lowest BCUT2D eigenvalue weighted by Gasteiger charge is -2.40. The van der Waals surface area contributed by atoms with E-state index in [0.29, 0.717) is 41.8 Å². The number of benzene rings is 1. The highest BCUT2D eigenvalue weighted by Crippen LogP contribution is 2.41. The van der Waals surface area contributed by atoms with E-state index < -0.39 is 5.30 Å². The standard InChI is InChI=1S/C31H33B3N6O3/c1-16-26-23(36-26)15-38(16)30(41)20-10-22-27(25(12-20)42-2)40(14-18-8-21(9-18)43-31(32,33)34)29(37-22)24-11-19-4-3-7-35-28(19)39(24)13-17-5-6-17/h3-4,7,10-12,16-18,21,23,26,36H,5-6,8-9,13-15H2,1-2H3. The maximum absolute atomic E-state index is 13.7. The van der Waals surface area contributed by atoms with Crippen molar-refractivity contribution in [3.63, 3.8) is 0 Å². The Morgan fingerprint density at radius 3 is 2.60 bits per heavy atom. The second kappa shape index (κ2) is 9.89. The zero-order valence-corrected chi connectivity index (χ0v) is 24.6. The van der Waals surface area contributed by atoms with Crippen molar-refractivity contribution in [3.8, 4) is 17.3 Å². The minimum absolute atomic E-state index is 0.0117. The summed E-state index contributed by atoms with van der Waals surface area (Å²) in [5.74, 6) is 2.43. The molecule has 4 aliphatic rings. The van der Waals surface area contributed by atoms with Crippen LogP contribution in [0.3, 0.4) is 0 Å². The summed E-state index contributed by atoms with van der Waals surface area (Å²) in [5.41, 5.74) is 4.18. The molecule has 1 N–H and O–H groups in total. The van der Waals surface area contributed by atoms with Crippen molar-refractivity contribution < 1.29 is 14.3 Å². The number of ether oxygens (including phenoxy) is 2. The third-order valence-electron chi connectivity index (χ3n) is 9.70. The quantitative estimate of drug-likeness (QED) is 0.246. The molecule has 3 atom stereocenters. The van der Waals surface area contributed by atoms with Gasteiger partial charge < -0.3 is 28.8 Å². The van der Waals surface area contributed by atoms with Crippen molar-refractivity contribution in [3.05, 3.63) is 42.1 Å². The fourth-order valence-electron chi connectivity index (χ4n) is 7.20. The number of nitrogens with zero attached hydrogens (tertiary/aromatic N) is 5. The molecule has 2 saturated heterocycles. The molecule has 4 aromatic rings. The maximum Gasteiger partial charge on any atom is 0.254 e. The van der Waals surface area contributed by atoms with Gasteiger partial charge in [-0.1, -0.05) is 0 Å². The Labute approximate surface area is 254 Å². The van der Waals surface area contributed by atoms with Gasteiger partial charge in [0, 0.05) is 54.9 Å². The molecule has 214 valence electrons. The van der Waals surface area contributed by atoms with Gasteiger partial charge in [-0.15, -0.1) is 0 Å². The van der Waals surface area contributed by atoms with Crippen LogP contribution >= 0.6 is 0 Å². The molecule has 12 heteroatoms. The van der Waals surface area contributed by atoms with Crippen molar-refractivity contribution in [1.29, 1.82) is 0 Å². The number of hydrogen-bond acceptors (Lipinski definition) is 6. The molecule has 43 heavy (non-hydrogen) atoms. The van der Waals surface area contributed by atoms with Crippen LogP contribution < -0.4 is 10.1 Å². The fourth-order valence-corrected chi connectivity index (χ4v) is 7.20. The molecule has 9 nitrogen and oxygen atoms in total. The summed E-state index contributed by atoms with van der Waals surface area (Å²) in [5, 5.41) is 2.88. The lowest BCUT2D eigenvalue weighted by atomic mass is 9.52. The van der Waals surface area contributed by atoms with Crippen LogP contribution in [0.1, 0.15) is 43.0 Å². The molecule has 2 aliphatic heterocycles. The Balaban J connectivity index is 1.23. The van der Waals surface area contributed by atoms with Crippen LogP contribution in [0.15, 0.2) is 36.5 Å². The number of likely N-dealkylation sites (tertiary alicyclic amines) is 1. The first-order valence-corrected chi connectivity index (χ1v) is 15.3. The smallest absolute Gasteiger partial charge is 0.254 e. The van der Waals surface area contributed by atoms with Crippen LogP contribution in [0.5, 0.6) is 5.75 Å². The number of aromatic nitrogens is 4. The SMILES string of the molecule is [B]C([B])([B])OC1CC(Cn2c(-c3cc4cccnc4n3CC3CC3)nc3cc(C(=O)N4CC5NC5C4C)cc(OC)c32)C1. The second-order valence-corrected chi connectivity index (χ2v) is 13.0. The molecule has 6 radical (unpaired) electrons. The highest BCUT2D eigenvalue weighted by atomic mass is 16.5. The van der Waals surface area contributed by atoms with Crippen LogP contribution in [0.2, 0.25) is 0 Å². The Bertz CT molecular complexity index is 1740. The first-order valence-electron chi connectivity index (χ1n) is 15.3. The normalized spacial score (nSPS) is 26.6. The molecule has 2 aliphatic carbocycles. The average molecular weight is 570 g/mol. The number of carbonyl (C=O) groups is 1. The molecule has 8 rings (SSSR count). The number of nitrogens with one attached hydrogen (secondary N) is 1. The molecule has 0 spiro atoms. The number of hydrogen-bond donors (Lipinski definition) is 1. The number of piperazine rings is 1. The minimum Gasteiger partial charge on any atom is -0.494 e. The molecule has 3 aromatic heterocycles. The largest absolute Gasteiger partial charge is 0.494 e. The predicted molar refractivity (Wildman–Crippen MR) is 167 cm³/mol. The van der Waals surface area contributed by atoms with E-state index in [1.165, 1.54) is 12.8 Å². The predicted octanol–water partition coefficient (Wildman–Crippen LogP) is 2.57. The summed E-state index contributed by atoms with van der Waals surface area (Å²) in [7, 11) is 18.8. The van der Waals surface area contributed by atoms with Crippen LogP contribution in [-0.4, -0.2) is 96.6 Å². The number of fused-ring (bicyclic) bond motifs is 3. The van der Waals surface area contributed by atoms with Crippen molar-refractivity contribution in [2.45, 2.75) is 75.2 Å². The van der Waals surface area contributed by atoms with Crippen LogP contribution in [-0.2, 0) is 17.8 Å². The summed E-state index contributed by atoms with van der Waals surface area (Å²) >= 11 is 0. The van der Waals surface area contributed by atoms with Gasteiger partial charge in [-0.3, -0.25) is 4.79 Å². The maximum atomic E-state index is 13.7.